The Morgan fingerprint density at radius 3 is 2.38 bits per heavy atom. The third-order valence-electron chi connectivity index (χ3n) is 2.36. The van der Waals surface area contributed by atoms with Crippen molar-refractivity contribution < 1.29 is 35.2 Å². The molecule has 1 aromatic carbocycles. The minimum absolute atomic E-state index is 0.272. The van der Waals surface area contributed by atoms with Crippen molar-refractivity contribution in [2.45, 2.75) is 18.0 Å². The first-order valence-corrected chi connectivity index (χ1v) is 7.25. The number of halogens is 3. The maximum atomic E-state index is 12.0. The second-order valence-electron chi connectivity index (χ2n) is 4.10. The zero-order valence-electron chi connectivity index (χ0n) is 11.4. The van der Waals surface area contributed by atoms with Crippen molar-refractivity contribution in [1.82, 2.24) is 0 Å². The molecule has 0 aromatic heterocycles. The molecule has 0 aliphatic rings. The Kier molecular flexibility index (Phi) is 5.99. The predicted octanol–water partition coefficient (Wildman–Crippen LogP) is 2.29. The number of rotatable bonds is 7. The van der Waals surface area contributed by atoms with E-state index in [9.17, 15) is 21.6 Å². The number of benzene rings is 1. The van der Waals surface area contributed by atoms with Gasteiger partial charge in [-0.05, 0) is 30.7 Å². The van der Waals surface area contributed by atoms with Crippen LogP contribution >= 0.6 is 0 Å². The van der Waals surface area contributed by atoms with Gasteiger partial charge in [-0.2, -0.15) is 21.6 Å². The van der Waals surface area contributed by atoms with E-state index in [0.29, 0.717) is 17.9 Å². The Bertz CT molecular complexity index is 569. The van der Waals surface area contributed by atoms with Crippen LogP contribution in [0.1, 0.15) is 5.56 Å². The average Bonchev–Trinajstić information content (AvgIpc) is 2.38. The lowest BCUT2D eigenvalue weighted by Gasteiger charge is -2.11. The summed E-state index contributed by atoms with van der Waals surface area (Å²) in [5, 5.41) is 0. The molecule has 0 saturated heterocycles. The molecule has 120 valence electrons. The van der Waals surface area contributed by atoms with E-state index >= 15 is 0 Å². The van der Waals surface area contributed by atoms with Crippen molar-refractivity contribution >= 4 is 10.1 Å². The van der Waals surface area contributed by atoms with Crippen LogP contribution in [0.2, 0.25) is 0 Å². The van der Waals surface area contributed by atoms with Crippen molar-refractivity contribution in [3.63, 3.8) is 0 Å². The first kappa shape index (κ1) is 17.7. The van der Waals surface area contributed by atoms with Crippen LogP contribution in [-0.4, -0.2) is 41.5 Å². The minimum atomic E-state index is -4.72. The monoisotopic (exact) mass is 328 g/mol. The SMILES string of the molecule is COCCOc1ccc(S(=O)(=O)OCC(F)(F)F)cc1C. The number of ether oxygens (including phenoxy) is 2. The summed E-state index contributed by atoms with van der Waals surface area (Å²) < 4.78 is 73.3. The lowest BCUT2D eigenvalue weighted by molar-refractivity contribution is -0.152. The number of hydrogen-bond acceptors (Lipinski definition) is 5. The summed E-state index contributed by atoms with van der Waals surface area (Å²) in [6.07, 6.45) is -4.72. The van der Waals surface area contributed by atoms with E-state index < -0.39 is 22.9 Å². The fourth-order valence-electron chi connectivity index (χ4n) is 1.39. The van der Waals surface area contributed by atoms with Crippen molar-refractivity contribution in [3.05, 3.63) is 23.8 Å². The van der Waals surface area contributed by atoms with Crippen molar-refractivity contribution in [2.24, 2.45) is 0 Å². The Hall–Kier alpha value is -1.32. The van der Waals surface area contributed by atoms with Gasteiger partial charge < -0.3 is 9.47 Å². The van der Waals surface area contributed by atoms with Crippen LogP contribution in [0.5, 0.6) is 5.75 Å². The number of methoxy groups -OCH3 is 1. The fourth-order valence-corrected chi connectivity index (χ4v) is 2.37. The van der Waals surface area contributed by atoms with E-state index in [1.807, 2.05) is 0 Å². The molecule has 1 rings (SSSR count). The molecule has 0 fully saturated rings. The topological polar surface area (TPSA) is 61.8 Å². The maximum absolute atomic E-state index is 12.0. The van der Waals surface area contributed by atoms with Crippen LogP contribution in [0.4, 0.5) is 13.2 Å². The third-order valence-corrected chi connectivity index (χ3v) is 3.62. The highest BCUT2D eigenvalue weighted by Gasteiger charge is 2.31. The molecular weight excluding hydrogens is 313 g/mol. The van der Waals surface area contributed by atoms with Crippen LogP contribution in [0, 0.1) is 6.92 Å². The van der Waals surface area contributed by atoms with E-state index in [1.54, 1.807) is 6.92 Å². The average molecular weight is 328 g/mol. The van der Waals surface area contributed by atoms with E-state index in [2.05, 4.69) is 4.18 Å². The molecule has 0 radical (unpaired) electrons. The molecule has 0 amide bonds. The van der Waals surface area contributed by atoms with Crippen LogP contribution in [0.15, 0.2) is 23.1 Å². The highest BCUT2D eigenvalue weighted by Crippen LogP contribution is 2.24. The number of hydrogen-bond donors (Lipinski definition) is 0. The standard InChI is InChI=1S/C12H15F3O5S/c1-9-7-10(3-4-11(9)19-6-5-18-2)21(16,17)20-8-12(13,14)15/h3-4,7H,5-6,8H2,1-2H3. The lowest BCUT2D eigenvalue weighted by atomic mass is 10.2. The van der Waals surface area contributed by atoms with Gasteiger partial charge in [-0.25, -0.2) is 0 Å². The molecule has 0 spiro atoms. The molecule has 21 heavy (non-hydrogen) atoms. The molecule has 0 aliphatic heterocycles. The Labute approximate surface area is 120 Å². The second-order valence-corrected chi connectivity index (χ2v) is 5.72. The molecule has 5 nitrogen and oxygen atoms in total. The Morgan fingerprint density at radius 1 is 1.19 bits per heavy atom. The van der Waals surface area contributed by atoms with Crippen LogP contribution in [0.3, 0.4) is 0 Å². The lowest BCUT2D eigenvalue weighted by Crippen LogP contribution is -2.20. The molecule has 0 heterocycles. The largest absolute Gasteiger partial charge is 0.491 e. The van der Waals surface area contributed by atoms with Gasteiger partial charge in [-0.15, -0.1) is 0 Å². The number of alkyl halides is 3. The first-order valence-electron chi connectivity index (χ1n) is 5.84. The zero-order chi connectivity index (χ0) is 16.1. The summed E-state index contributed by atoms with van der Waals surface area (Å²) in [7, 11) is -2.95. The Balaban J connectivity index is 2.82. The van der Waals surface area contributed by atoms with Gasteiger partial charge in [0.25, 0.3) is 10.1 Å². The van der Waals surface area contributed by atoms with E-state index in [1.165, 1.54) is 19.2 Å². The molecular formula is C12H15F3O5S. The second kappa shape index (κ2) is 7.10. The van der Waals surface area contributed by atoms with Crippen molar-refractivity contribution in [1.29, 1.82) is 0 Å². The summed E-state index contributed by atoms with van der Waals surface area (Å²) in [6.45, 7) is 0.341. The maximum Gasteiger partial charge on any atom is 0.413 e. The van der Waals surface area contributed by atoms with E-state index in [-0.39, 0.29) is 11.5 Å². The molecule has 0 unspecified atom stereocenters. The molecule has 1 aromatic rings. The molecule has 0 N–H and O–H groups in total. The third kappa shape index (κ3) is 5.90. The number of aryl methyl sites for hydroxylation is 1. The van der Waals surface area contributed by atoms with Gasteiger partial charge in [0.2, 0.25) is 0 Å². The van der Waals surface area contributed by atoms with Gasteiger partial charge >= 0.3 is 6.18 Å². The van der Waals surface area contributed by atoms with Gasteiger partial charge in [0.05, 0.1) is 11.5 Å². The molecule has 9 heteroatoms. The van der Waals surface area contributed by atoms with E-state index in [0.717, 1.165) is 6.07 Å². The smallest absolute Gasteiger partial charge is 0.413 e. The predicted molar refractivity (Wildman–Crippen MR) is 67.7 cm³/mol. The molecule has 0 atom stereocenters. The fraction of sp³-hybridized carbons (Fsp3) is 0.500. The van der Waals surface area contributed by atoms with Crippen LogP contribution < -0.4 is 4.74 Å². The molecule has 0 bridgehead atoms. The Morgan fingerprint density at radius 2 is 1.86 bits per heavy atom. The van der Waals surface area contributed by atoms with Gasteiger partial charge in [-0.1, -0.05) is 0 Å². The molecule has 0 aliphatic carbocycles. The summed E-state index contributed by atoms with van der Waals surface area (Å²) in [6, 6.07) is 3.67. The normalized spacial score (nSPS) is 12.4. The van der Waals surface area contributed by atoms with Crippen molar-refractivity contribution in [3.8, 4) is 5.75 Å². The van der Waals surface area contributed by atoms with Gasteiger partial charge in [-0.3, -0.25) is 4.18 Å². The van der Waals surface area contributed by atoms with E-state index in [4.69, 9.17) is 9.47 Å². The van der Waals surface area contributed by atoms with Gasteiger partial charge in [0.15, 0.2) is 6.61 Å². The quantitative estimate of drug-likeness (QED) is 0.568. The summed E-state index contributed by atoms with van der Waals surface area (Å²) >= 11 is 0. The minimum Gasteiger partial charge on any atom is -0.491 e. The van der Waals surface area contributed by atoms with Crippen LogP contribution in [-0.2, 0) is 19.0 Å². The first-order chi connectivity index (χ1) is 9.65. The highest BCUT2D eigenvalue weighted by molar-refractivity contribution is 7.86. The van der Waals surface area contributed by atoms with Crippen LogP contribution in [0.25, 0.3) is 0 Å². The molecule has 0 saturated carbocycles. The summed E-state index contributed by atoms with van der Waals surface area (Å²) in [5.74, 6) is 0.418. The van der Waals surface area contributed by atoms with Gasteiger partial charge in [0, 0.05) is 7.11 Å². The summed E-state index contributed by atoms with van der Waals surface area (Å²) in [5.41, 5.74) is 0.461. The highest BCUT2D eigenvalue weighted by atomic mass is 32.2. The zero-order valence-corrected chi connectivity index (χ0v) is 12.3. The van der Waals surface area contributed by atoms with Crippen molar-refractivity contribution in [2.75, 3.05) is 26.9 Å². The van der Waals surface area contributed by atoms with Gasteiger partial charge in [0.1, 0.15) is 12.4 Å². The summed E-state index contributed by atoms with van der Waals surface area (Å²) in [4.78, 5) is -0.358.